The van der Waals surface area contributed by atoms with E-state index in [4.69, 9.17) is 16.2 Å². The number of carbonyl (C=O) groups is 1. The molecule has 4 rings (SSSR count). The number of ether oxygens (including phenoxy) is 1. The number of anilines is 3. The molecule has 0 fully saturated rings. The highest BCUT2D eigenvalue weighted by atomic mass is 79.9. The molecule has 2 heterocycles. The van der Waals surface area contributed by atoms with Gasteiger partial charge in [0.15, 0.2) is 0 Å². The smallest absolute Gasteiger partial charge is 0.228 e. The summed E-state index contributed by atoms with van der Waals surface area (Å²) in [4.78, 5) is 20.8. The normalized spacial score (nSPS) is 10.8. The fourth-order valence-corrected chi connectivity index (χ4v) is 4.59. The van der Waals surface area contributed by atoms with Gasteiger partial charge in [-0.15, -0.1) is 11.3 Å². The van der Waals surface area contributed by atoms with Crippen molar-refractivity contribution in [2.75, 3.05) is 16.8 Å². The number of rotatable bonds is 8. The molecule has 33 heavy (non-hydrogen) atoms. The summed E-state index contributed by atoms with van der Waals surface area (Å²) in [7, 11) is 0. The van der Waals surface area contributed by atoms with Crippen molar-refractivity contribution < 1.29 is 9.53 Å². The van der Waals surface area contributed by atoms with Crippen LogP contribution in [0.25, 0.3) is 11.1 Å². The Morgan fingerprint density at radius 2 is 1.76 bits per heavy atom. The molecule has 0 radical (unpaired) electrons. The number of hydrogen-bond acceptors (Lipinski definition) is 7. The molecule has 4 aromatic rings. The van der Waals surface area contributed by atoms with Crippen molar-refractivity contribution in [1.82, 2.24) is 9.97 Å². The quantitative estimate of drug-likeness (QED) is 0.298. The molecule has 168 valence electrons. The maximum Gasteiger partial charge on any atom is 0.228 e. The zero-order valence-corrected chi connectivity index (χ0v) is 20.0. The lowest BCUT2D eigenvalue weighted by Gasteiger charge is -2.13. The fraction of sp³-hybridized carbons (Fsp3) is 0.125. The molecule has 0 aliphatic heterocycles. The second-order valence-corrected chi connectivity index (χ2v) is 9.52. The van der Waals surface area contributed by atoms with Crippen LogP contribution in [0.15, 0.2) is 69.8 Å². The van der Waals surface area contributed by atoms with Crippen molar-refractivity contribution in [1.29, 1.82) is 0 Å². The Bertz CT molecular complexity index is 1250. The van der Waals surface area contributed by atoms with Gasteiger partial charge < -0.3 is 21.5 Å². The lowest BCUT2D eigenvalue weighted by Crippen LogP contribution is -2.14. The monoisotopic (exact) mass is 523 g/mol. The summed E-state index contributed by atoms with van der Waals surface area (Å²) in [6.07, 6.45) is 0.299. The van der Waals surface area contributed by atoms with Gasteiger partial charge in [0, 0.05) is 11.3 Å². The molecule has 0 spiro atoms. The van der Waals surface area contributed by atoms with Crippen LogP contribution in [0.5, 0.6) is 0 Å². The number of aromatic nitrogens is 2. The Kier molecular flexibility index (Phi) is 7.33. The Morgan fingerprint density at radius 1 is 1.00 bits per heavy atom. The second kappa shape index (κ2) is 10.6. The van der Waals surface area contributed by atoms with Crippen molar-refractivity contribution in [3.05, 3.63) is 86.7 Å². The topological polar surface area (TPSA) is 116 Å². The highest BCUT2D eigenvalue weighted by Crippen LogP contribution is 2.30. The number of hydrogen-bond donors (Lipinski definition) is 3. The van der Waals surface area contributed by atoms with E-state index in [2.05, 4.69) is 31.2 Å². The van der Waals surface area contributed by atoms with E-state index in [0.29, 0.717) is 30.0 Å². The van der Waals surface area contributed by atoms with E-state index >= 15 is 0 Å². The molecule has 0 bridgehead atoms. The summed E-state index contributed by atoms with van der Waals surface area (Å²) in [5, 5.41) is 4.86. The molecule has 0 aliphatic carbocycles. The minimum Gasteiger partial charge on any atom is -0.383 e. The molecule has 0 atom stereocenters. The fourth-order valence-electron chi connectivity index (χ4n) is 3.35. The van der Waals surface area contributed by atoms with Crippen molar-refractivity contribution in [3.63, 3.8) is 0 Å². The number of nitrogens with two attached hydrogens (primary N) is 2. The third kappa shape index (κ3) is 5.95. The van der Waals surface area contributed by atoms with Gasteiger partial charge in [0.05, 0.1) is 29.1 Å². The van der Waals surface area contributed by atoms with E-state index in [9.17, 15) is 4.79 Å². The molecule has 0 unspecified atom stereocenters. The highest BCUT2D eigenvalue weighted by Gasteiger charge is 2.15. The predicted octanol–water partition coefficient (Wildman–Crippen LogP) is 5.03. The summed E-state index contributed by atoms with van der Waals surface area (Å²) in [6.45, 7) is 0.671. The molecular weight excluding hydrogens is 502 g/mol. The van der Waals surface area contributed by atoms with Gasteiger partial charge in [-0.3, -0.25) is 4.79 Å². The van der Waals surface area contributed by atoms with Crippen molar-refractivity contribution >= 4 is 50.6 Å². The van der Waals surface area contributed by atoms with Crippen LogP contribution < -0.4 is 16.8 Å². The molecule has 7 nitrogen and oxygen atoms in total. The molecular formula is C24H22BrN5O2S. The zero-order chi connectivity index (χ0) is 23.2. The molecule has 2 aromatic heterocycles. The van der Waals surface area contributed by atoms with E-state index in [1.165, 1.54) is 0 Å². The van der Waals surface area contributed by atoms with Crippen LogP contribution in [0.4, 0.5) is 17.5 Å². The van der Waals surface area contributed by atoms with Crippen LogP contribution in [0.2, 0.25) is 0 Å². The SMILES string of the molecule is Nc1nc(N)c(-c2ccc(NC(=O)Cc3ccsc3Br)cc2)c(COCc2ccccc2)n1. The lowest BCUT2D eigenvalue weighted by atomic mass is 10.0. The zero-order valence-electron chi connectivity index (χ0n) is 17.6. The Balaban J connectivity index is 1.47. The number of nitrogens with one attached hydrogen (secondary N) is 1. The third-order valence-corrected chi connectivity index (χ3v) is 6.69. The average Bonchev–Trinajstić information content (AvgIpc) is 3.19. The van der Waals surface area contributed by atoms with Crippen LogP contribution in [-0.4, -0.2) is 15.9 Å². The van der Waals surface area contributed by atoms with E-state index in [-0.39, 0.29) is 24.3 Å². The number of amides is 1. The van der Waals surface area contributed by atoms with Crippen molar-refractivity contribution in [2.24, 2.45) is 0 Å². The number of halogens is 1. The Hall–Kier alpha value is -3.27. The number of thiophene rings is 1. The summed E-state index contributed by atoms with van der Waals surface area (Å²) >= 11 is 5.01. The molecule has 5 N–H and O–H groups in total. The number of benzene rings is 2. The minimum absolute atomic E-state index is 0.0906. The number of nitrogens with zero attached hydrogens (tertiary/aromatic N) is 2. The minimum atomic E-state index is -0.0906. The first-order valence-electron chi connectivity index (χ1n) is 10.2. The van der Waals surface area contributed by atoms with Gasteiger partial charge in [-0.05, 0) is 56.2 Å². The first kappa shape index (κ1) is 22.9. The Labute approximate surface area is 204 Å². The summed E-state index contributed by atoms with van der Waals surface area (Å²) in [6, 6.07) is 19.2. The van der Waals surface area contributed by atoms with Gasteiger partial charge in [0.2, 0.25) is 11.9 Å². The molecule has 9 heteroatoms. The van der Waals surface area contributed by atoms with Crippen LogP contribution in [0.3, 0.4) is 0 Å². The third-order valence-electron chi connectivity index (χ3n) is 4.88. The van der Waals surface area contributed by atoms with Gasteiger partial charge in [-0.25, -0.2) is 4.98 Å². The van der Waals surface area contributed by atoms with Gasteiger partial charge >= 0.3 is 0 Å². The number of nitrogen functional groups attached to an aromatic ring is 2. The van der Waals surface area contributed by atoms with E-state index in [1.807, 2.05) is 66.0 Å². The molecule has 2 aromatic carbocycles. The van der Waals surface area contributed by atoms with Gasteiger partial charge in [0.1, 0.15) is 5.82 Å². The predicted molar refractivity (Wildman–Crippen MR) is 136 cm³/mol. The second-order valence-electron chi connectivity index (χ2n) is 7.29. The first-order valence-corrected chi connectivity index (χ1v) is 11.8. The first-order chi connectivity index (χ1) is 16.0. The van der Waals surface area contributed by atoms with Crippen LogP contribution in [-0.2, 0) is 29.2 Å². The largest absolute Gasteiger partial charge is 0.383 e. The maximum atomic E-state index is 12.4. The summed E-state index contributed by atoms with van der Waals surface area (Å²) in [5.41, 5.74) is 16.8. The number of carbonyl (C=O) groups excluding carboxylic acids is 1. The highest BCUT2D eigenvalue weighted by molar-refractivity contribution is 9.11. The molecule has 1 amide bonds. The van der Waals surface area contributed by atoms with Gasteiger partial charge in [-0.2, -0.15) is 4.98 Å². The van der Waals surface area contributed by atoms with E-state index in [0.717, 1.165) is 20.5 Å². The maximum absolute atomic E-state index is 12.4. The van der Waals surface area contributed by atoms with Crippen LogP contribution in [0.1, 0.15) is 16.8 Å². The van der Waals surface area contributed by atoms with E-state index in [1.54, 1.807) is 11.3 Å². The molecule has 0 aliphatic rings. The molecule has 0 saturated carbocycles. The van der Waals surface area contributed by atoms with Crippen LogP contribution >= 0.6 is 27.3 Å². The molecule has 0 saturated heterocycles. The van der Waals surface area contributed by atoms with Gasteiger partial charge in [-0.1, -0.05) is 42.5 Å². The summed E-state index contributed by atoms with van der Waals surface area (Å²) in [5.74, 6) is 0.283. The standard InChI is InChI=1S/C24H22BrN5O2S/c25-22-17(10-11-33-22)12-20(31)28-18-8-6-16(7-9-18)21-19(29-24(27)30-23(21)26)14-32-13-15-4-2-1-3-5-15/h1-11H,12-14H2,(H,28,31)(H4,26,27,29,30). The Morgan fingerprint density at radius 3 is 2.45 bits per heavy atom. The summed E-state index contributed by atoms with van der Waals surface area (Å²) < 4.78 is 6.82. The van der Waals surface area contributed by atoms with Crippen LogP contribution in [0, 0.1) is 0 Å². The van der Waals surface area contributed by atoms with E-state index < -0.39 is 0 Å². The van der Waals surface area contributed by atoms with Gasteiger partial charge in [0.25, 0.3) is 0 Å². The van der Waals surface area contributed by atoms with Crippen molar-refractivity contribution in [2.45, 2.75) is 19.6 Å². The lowest BCUT2D eigenvalue weighted by molar-refractivity contribution is -0.115. The average molecular weight is 524 g/mol. The van der Waals surface area contributed by atoms with Crippen molar-refractivity contribution in [3.8, 4) is 11.1 Å².